The van der Waals surface area contributed by atoms with Crippen molar-refractivity contribution in [3.63, 3.8) is 0 Å². The summed E-state index contributed by atoms with van der Waals surface area (Å²) in [4.78, 5) is 34.7. The Morgan fingerprint density at radius 1 is 0.375 bits per heavy atom. The van der Waals surface area contributed by atoms with Gasteiger partial charge in [0.15, 0.2) is 35.0 Å². The van der Waals surface area contributed by atoms with Crippen molar-refractivity contribution in [2.24, 2.45) is 34.9 Å². The largest absolute Gasteiger partial charge is 0.344 e. The zero-order valence-electron chi connectivity index (χ0n) is 20.9. The lowest BCUT2D eigenvalue weighted by Crippen LogP contribution is -2.26. The SMILES string of the molecule is c1ccc2c(c1)C1=NC3=NC(=NC4=N[C@H](NC5=NC(=NC2=N1)c1ccccc15)c1ccccc14)c1ccccc13. The van der Waals surface area contributed by atoms with Gasteiger partial charge in [-0.15, -0.1) is 0 Å². The predicted octanol–water partition coefficient (Wildman–Crippen LogP) is 4.67. The first kappa shape index (κ1) is 21.3. The lowest BCUT2D eigenvalue weighted by molar-refractivity contribution is 0.700. The van der Waals surface area contributed by atoms with E-state index in [1.807, 2.05) is 91.0 Å². The molecule has 0 spiro atoms. The van der Waals surface area contributed by atoms with Crippen molar-refractivity contribution in [2.45, 2.75) is 6.17 Å². The van der Waals surface area contributed by atoms with Crippen molar-refractivity contribution in [3.8, 4) is 0 Å². The highest BCUT2D eigenvalue weighted by Crippen LogP contribution is 2.32. The van der Waals surface area contributed by atoms with E-state index in [9.17, 15) is 0 Å². The van der Waals surface area contributed by atoms with E-state index in [1.54, 1.807) is 0 Å². The molecule has 5 heterocycles. The fourth-order valence-electron chi connectivity index (χ4n) is 5.66. The Hall–Kier alpha value is -5.63. The maximum absolute atomic E-state index is 5.01. The molecular formula is C32H18N8. The van der Waals surface area contributed by atoms with Crippen LogP contribution in [0.3, 0.4) is 0 Å². The number of nitrogens with one attached hydrogen (secondary N) is 1. The molecule has 0 saturated heterocycles. The highest BCUT2D eigenvalue weighted by Gasteiger charge is 2.32. The predicted molar refractivity (Wildman–Crippen MR) is 157 cm³/mol. The van der Waals surface area contributed by atoms with E-state index in [0.29, 0.717) is 40.8 Å². The van der Waals surface area contributed by atoms with E-state index in [2.05, 4.69) is 11.4 Å². The van der Waals surface area contributed by atoms with Crippen LogP contribution in [0.4, 0.5) is 0 Å². The fraction of sp³-hybridized carbons (Fsp3) is 0.0312. The van der Waals surface area contributed by atoms with Gasteiger partial charge < -0.3 is 5.32 Å². The molecule has 0 aliphatic carbocycles. The second-order valence-corrected chi connectivity index (χ2v) is 9.86. The number of benzene rings is 4. The first-order valence-electron chi connectivity index (χ1n) is 13.1. The monoisotopic (exact) mass is 514 g/mol. The molecule has 4 aromatic rings. The Kier molecular flexibility index (Phi) is 4.23. The van der Waals surface area contributed by atoms with Crippen molar-refractivity contribution in [3.05, 3.63) is 142 Å². The summed E-state index contributed by atoms with van der Waals surface area (Å²) in [5.41, 5.74) is 7.54. The van der Waals surface area contributed by atoms with Gasteiger partial charge in [0, 0.05) is 44.5 Å². The molecule has 1 N–H and O–H groups in total. The van der Waals surface area contributed by atoms with E-state index in [0.717, 1.165) is 44.5 Å². The van der Waals surface area contributed by atoms with Crippen molar-refractivity contribution < 1.29 is 0 Å². The third-order valence-corrected chi connectivity index (χ3v) is 7.54. The fourth-order valence-corrected chi connectivity index (χ4v) is 5.66. The average molecular weight is 515 g/mol. The van der Waals surface area contributed by atoms with Crippen LogP contribution in [0.2, 0.25) is 0 Å². The third kappa shape index (κ3) is 3.04. The molecule has 0 saturated carbocycles. The molecule has 5 aliphatic heterocycles. The summed E-state index contributed by atoms with van der Waals surface area (Å²) >= 11 is 0. The molecule has 0 unspecified atom stereocenters. The van der Waals surface area contributed by atoms with Gasteiger partial charge >= 0.3 is 0 Å². The Bertz CT molecular complexity index is 2040. The maximum Gasteiger partial charge on any atom is 0.164 e. The van der Waals surface area contributed by atoms with Crippen LogP contribution in [0, 0.1) is 0 Å². The second kappa shape index (κ2) is 7.94. The smallest absolute Gasteiger partial charge is 0.164 e. The summed E-state index contributed by atoms with van der Waals surface area (Å²) in [7, 11) is 0. The molecule has 0 aromatic heterocycles. The van der Waals surface area contributed by atoms with Crippen LogP contribution >= 0.6 is 0 Å². The van der Waals surface area contributed by atoms with Gasteiger partial charge in [-0.25, -0.2) is 34.9 Å². The van der Waals surface area contributed by atoms with E-state index < -0.39 is 0 Å². The van der Waals surface area contributed by atoms with Crippen LogP contribution in [0.25, 0.3) is 0 Å². The van der Waals surface area contributed by atoms with Crippen LogP contribution in [0.1, 0.15) is 50.7 Å². The van der Waals surface area contributed by atoms with Gasteiger partial charge in [-0.3, -0.25) is 0 Å². The lowest BCUT2D eigenvalue weighted by Gasteiger charge is -2.13. The minimum absolute atomic E-state index is 0.358. The van der Waals surface area contributed by atoms with Gasteiger partial charge in [0.05, 0.1) is 0 Å². The van der Waals surface area contributed by atoms with Gasteiger partial charge in [0.2, 0.25) is 0 Å². The number of amidine groups is 7. The molecule has 8 nitrogen and oxygen atoms in total. The number of nitrogens with zero attached hydrogens (tertiary/aromatic N) is 7. The maximum atomic E-state index is 5.01. The minimum atomic E-state index is -0.358. The molecule has 4 aromatic carbocycles. The topological polar surface area (TPSA) is 98.5 Å². The zero-order valence-corrected chi connectivity index (χ0v) is 20.9. The average Bonchev–Trinajstić information content (AvgIpc) is 3.73. The van der Waals surface area contributed by atoms with Gasteiger partial charge in [-0.05, 0) is 0 Å². The first-order chi connectivity index (χ1) is 19.8. The molecule has 5 aliphatic rings. The molecule has 186 valence electrons. The van der Waals surface area contributed by atoms with Gasteiger partial charge in [0.25, 0.3) is 0 Å². The van der Waals surface area contributed by atoms with Crippen LogP contribution in [-0.4, -0.2) is 40.8 Å². The standard InChI is InChI=1S/C32H18N8/c1-2-10-18-17(9-1)25-33-26(18)38-28-21-13-5-6-14-22(21)30(35-28)40-32-24-16-8-7-15-23(24)31(36-32)39-29-20-12-4-3-11-19(20)27(34-29)37-25/h1-16,25H,(H,33,34,35,36,37,38,39,40)/t25-/m1/s1. The van der Waals surface area contributed by atoms with Crippen LogP contribution < -0.4 is 5.32 Å². The molecule has 8 bridgehead atoms. The van der Waals surface area contributed by atoms with Crippen LogP contribution in [-0.2, 0) is 0 Å². The summed E-state index contributed by atoms with van der Waals surface area (Å²) in [6, 6.07) is 32.2. The molecule has 1 atom stereocenters. The molecule has 9 rings (SSSR count). The van der Waals surface area contributed by atoms with E-state index >= 15 is 0 Å². The van der Waals surface area contributed by atoms with E-state index in [-0.39, 0.29) is 6.17 Å². The first-order valence-corrected chi connectivity index (χ1v) is 13.1. The van der Waals surface area contributed by atoms with Crippen molar-refractivity contribution in [1.29, 1.82) is 0 Å². The Balaban J connectivity index is 1.33. The van der Waals surface area contributed by atoms with Crippen LogP contribution in [0.15, 0.2) is 132 Å². The highest BCUT2D eigenvalue weighted by atomic mass is 15.2. The highest BCUT2D eigenvalue weighted by molar-refractivity contribution is 6.32. The number of aliphatic imine (C=N–C) groups is 7. The van der Waals surface area contributed by atoms with Gasteiger partial charge in [-0.2, -0.15) is 0 Å². The summed E-state index contributed by atoms with van der Waals surface area (Å²) in [6.07, 6.45) is -0.358. The normalized spacial score (nSPS) is 19.0. The Labute approximate surface area is 228 Å². The van der Waals surface area contributed by atoms with Crippen molar-refractivity contribution in [1.82, 2.24) is 5.32 Å². The van der Waals surface area contributed by atoms with Crippen molar-refractivity contribution >= 4 is 40.8 Å². The minimum Gasteiger partial charge on any atom is -0.344 e. The summed E-state index contributed by atoms with van der Waals surface area (Å²) in [5.74, 6) is 4.21. The molecule has 40 heavy (non-hydrogen) atoms. The number of hydrogen-bond acceptors (Lipinski definition) is 8. The number of hydrogen-bond donors (Lipinski definition) is 1. The summed E-state index contributed by atoms with van der Waals surface area (Å²) in [5, 5.41) is 3.57. The summed E-state index contributed by atoms with van der Waals surface area (Å²) < 4.78 is 0. The summed E-state index contributed by atoms with van der Waals surface area (Å²) in [6.45, 7) is 0. The van der Waals surface area contributed by atoms with Crippen molar-refractivity contribution in [2.75, 3.05) is 0 Å². The Morgan fingerprint density at radius 2 is 0.750 bits per heavy atom. The number of rotatable bonds is 0. The quantitative estimate of drug-likeness (QED) is 0.363. The van der Waals surface area contributed by atoms with E-state index in [1.165, 1.54) is 0 Å². The molecule has 0 fully saturated rings. The lowest BCUT2D eigenvalue weighted by atomic mass is 10.1. The zero-order chi connectivity index (χ0) is 26.2. The van der Waals surface area contributed by atoms with E-state index in [4.69, 9.17) is 34.9 Å². The number of fused-ring (bicyclic) bond motifs is 16. The molecule has 0 radical (unpaired) electrons. The second-order valence-electron chi connectivity index (χ2n) is 9.86. The molecular weight excluding hydrogens is 496 g/mol. The van der Waals surface area contributed by atoms with Crippen LogP contribution in [0.5, 0.6) is 0 Å². The van der Waals surface area contributed by atoms with Gasteiger partial charge in [0.1, 0.15) is 12.0 Å². The Morgan fingerprint density at radius 3 is 1.27 bits per heavy atom. The molecule has 0 amide bonds. The molecule has 8 heteroatoms. The third-order valence-electron chi connectivity index (χ3n) is 7.54. The van der Waals surface area contributed by atoms with Gasteiger partial charge in [-0.1, -0.05) is 97.1 Å².